The summed E-state index contributed by atoms with van der Waals surface area (Å²) in [5, 5.41) is 3.06. The Morgan fingerprint density at radius 1 is 1.50 bits per heavy atom. The Hall–Kier alpha value is -0.790. The molecule has 3 N–H and O–H groups in total. The quantitative estimate of drug-likeness (QED) is 0.814. The van der Waals surface area contributed by atoms with Gasteiger partial charge < -0.3 is 10.6 Å². The number of nitrogens with one attached hydrogen (secondary N) is 1. The lowest BCUT2D eigenvalue weighted by Gasteiger charge is -2.25. The van der Waals surface area contributed by atoms with E-state index in [9.17, 15) is 4.79 Å². The monoisotopic (exact) mass is 286 g/mol. The highest BCUT2D eigenvalue weighted by molar-refractivity contribution is 8.01. The molecule has 1 aromatic heterocycles. The number of nitrogens with zero attached hydrogens (tertiary/aromatic N) is 2. The molecule has 2 amide bonds. The van der Waals surface area contributed by atoms with Gasteiger partial charge in [-0.2, -0.15) is 0 Å². The Kier molecular flexibility index (Phi) is 5.27. The molecule has 18 heavy (non-hydrogen) atoms. The van der Waals surface area contributed by atoms with Crippen molar-refractivity contribution < 1.29 is 4.79 Å². The van der Waals surface area contributed by atoms with E-state index < -0.39 is 6.03 Å². The van der Waals surface area contributed by atoms with Crippen LogP contribution in [0.15, 0.2) is 10.4 Å². The second kappa shape index (κ2) is 6.96. The summed E-state index contributed by atoms with van der Waals surface area (Å²) in [4.78, 5) is 17.3. The largest absolute Gasteiger partial charge is 0.351 e. The first-order valence-corrected chi connectivity index (χ1v) is 7.92. The second-order valence-corrected chi connectivity index (χ2v) is 6.65. The molecule has 0 radical (unpaired) electrons. The average molecular weight is 286 g/mol. The Balaban J connectivity index is 1.69. The van der Waals surface area contributed by atoms with Gasteiger partial charge in [0.05, 0.1) is 10.4 Å². The summed E-state index contributed by atoms with van der Waals surface area (Å²) < 4.78 is 1.12. The van der Waals surface area contributed by atoms with Crippen LogP contribution >= 0.6 is 23.1 Å². The highest BCUT2D eigenvalue weighted by atomic mass is 32.2. The second-order valence-electron chi connectivity index (χ2n) is 4.22. The molecule has 1 saturated heterocycles. The minimum atomic E-state index is -0.561. The van der Waals surface area contributed by atoms with Crippen LogP contribution in [0.25, 0.3) is 0 Å². The molecule has 7 heteroatoms. The number of thiazole rings is 1. The first-order chi connectivity index (χ1) is 8.74. The number of hydrogen-bond acceptors (Lipinski definition) is 5. The summed E-state index contributed by atoms with van der Waals surface area (Å²) in [6, 6.07) is -0.561. The number of amides is 2. The molecule has 2 heterocycles. The van der Waals surface area contributed by atoms with Crippen LogP contribution in [0.5, 0.6) is 0 Å². The van der Waals surface area contributed by atoms with Crippen LogP contribution in [0.2, 0.25) is 0 Å². The molecule has 0 unspecified atom stereocenters. The number of carbonyl (C=O) groups excluding carboxylic acids is 1. The van der Waals surface area contributed by atoms with E-state index in [4.69, 9.17) is 5.73 Å². The van der Waals surface area contributed by atoms with Crippen LogP contribution in [-0.2, 0) is 0 Å². The maximum Gasteiger partial charge on any atom is 0.318 e. The Morgan fingerprint density at radius 2 is 2.28 bits per heavy atom. The van der Waals surface area contributed by atoms with Crippen molar-refractivity contribution in [3.63, 3.8) is 0 Å². The Bertz CT molecular complexity index is 390. The summed E-state index contributed by atoms with van der Waals surface area (Å²) in [5.74, 6) is 1.07. The van der Waals surface area contributed by atoms with Crippen LogP contribution in [-0.4, -0.2) is 41.3 Å². The number of aromatic nitrogens is 1. The molecule has 5 nitrogen and oxygen atoms in total. The molecule has 0 saturated carbocycles. The molecular weight excluding hydrogens is 268 g/mol. The summed E-state index contributed by atoms with van der Waals surface area (Å²) in [6.45, 7) is 3.59. The van der Waals surface area contributed by atoms with Gasteiger partial charge in [0.25, 0.3) is 0 Å². The van der Waals surface area contributed by atoms with Gasteiger partial charge in [0.2, 0.25) is 0 Å². The van der Waals surface area contributed by atoms with E-state index in [0.717, 1.165) is 16.5 Å². The van der Waals surface area contributed by atoms with Crippen molar-refractivity contribution in [3.05, 3.63) is 6.20 Å². The van der Waals surface area contributed by atoms with Gasteiger partial charge >= 0.3 is 6.03 Å². The Morgan fingerprint density at radius 3 is 3.00 bits per heavy atom. The molecule has 1 aliphatic rings. The van der Waals surface area contributed by atoms with Gasteiger partial charge in [-0.25, -0.2) is 9.78 Å². The van der Waals surface area contributed by atoms with E-state index in [1.54, 1.807) is 18.0 Å². The van der Waals surface area contributed by atoms with E-state index >= 15 is 0 Å². The lowest BCUT2D eigenvalue weighted by Crippen LogP contribution is -2.31. The van der Waals surface area contributed by atoms with Crippen molar-refractivity contribution in [2.45, 2.75) is 23.5 Å². The van der Waals surface area contributed by atoms with Gasteiger partial charge in [0, 0.05) is 12.3 Å². The predicted octanol–water partition coefficient (Wildman–Crippen LogP) is 2.21. The topological polar surface area (TPSA) is 71.2 Å². The number of urea groups is 1. The van der Waals surface area contributed by atoms with Crippen LogP contribution < -0.4 is 11.1 Å². The third-order valence-corrected chi connectivity index (χ3v) is 4.90. The van der Waals surface area contributed by atoms with E-state index in [0.29, 0.717) is 5.13 Å². The average Bonchev–Trinajstić information content (AvgIpc) is 2.77. The lowest BCUT2D eigenvalue weighted by atomic mass is 10.1. The molecule has 100 valence electrons. The van der Waals surface area contributed by atoms with Gasteiger partial charge in [-0.1, -0.05) is 17.8 Å². The molecule has 0 atom stereocenters. The van der Waals surface area contributed by atoms with Gasteiger partial charge in [-0.15, -0.1) is 11.8 Å². The molecule has 1 aromatic rings. The van der Waals surface area contributed by atoms with Crippen LogP contribution in [0.1, 0.15) is 19.3 Å². The standard InChI is InChI=1S/C11H18N4OS2/c12-10(16)14-11-13-8-9(18-11)17-7-6-15-4-2-1-3-5-15/h8H,1-7H2,(H3,12,13,14,16). The van der Waals surface area contributed by atoms with E-state index in [1.807, 2.05) is 0 Å². The number of nitrogens with two attached hydrogens (primary N) is 1. The number of anilines is 1. The number of likely N-dealkylation sites (tertiary alicyclic amines) is 1. The van der Waals surface area contributed by atoms with Crippen molar-refractivity contribution in [1.29, 1.82) is 0 Å². The minimum Gasteiger partial charge on any atom is -0.351 e. The zero-order valence-electron chi connectivity index (χ0n) is 10.2. The normalized spacial score (nSPS) is 16.7. The summed E-state index contributed by atoms with van der Waals surface area (Å²) in [5.41, 5.74) is 5.03. The van der Waals surface area contributed by atoms with Gasteiger partial charge in [0.1, 0.15) is 0 Å². The van der Waals surface area contributed by atoms with E-state index in [2.05, 4.69) is 15.2 Å². The third-order valence-electron chi connectivity index (χ3n) is 2.82. The summed E-state index contributed by atoms with van der Waals surface area (Å²) in [7, 11) is 0. The highest BCUT2D eigenvalue weighted by Gasteiger charge is 2.10. The first-order valence-electron chi connectivity index (χ1n) is 6.11. The van der Waals surface area contributed by atoms with Crippen molar-refractivity contribution in [2.24, 2.45) is 5.73 Å². The van der Waals surface area contributed by atoms with Crippen molar-refractivity contribution >= 4 is 34.3 Å². The molecule has 0 spiro atoms. The Labute approximate surface area is 115 Å². The number of carbonyl (C=O) groups is 1. The van der Waals surface area contributed by atoms with Crippen LogP contribution in [0.4, 0.5) is 9.93 Å². The minimum absolute atomic E-state index is 0.561. The van der Waals surface area contributed by atoms with E-state index in [1.165, 1.54) is 43.7 Å². The zero-order chi connectivity index (χ0) is 12.8. The number of primary amides is 1. The van der Waals surface area contributed by atoms with E-state index in [-0.39, 0.29) is 0 Å². The highest BCUT2D eigenvalue weighted by Crippen LogP contribution is 2.28. The molecule has 0 aliphatic carbocycles. The number of hydrogen-bond donors (Lipinski definition) is 2. The molecule has 0 bridgehead atoms. The van der Waals surface area contributed by atoms with Crippen molar-refractivity contribution in [3.8, 4) is 0 Å². The summed E-state index contributed by atoms with van der Waals surface area (Å²) in [6.07, 6.45) is 5.83. The van der Waals surface area contributed by atoms with Gasteiger partial charge in [0.15, 0.2) is 5.13 Å². The fourth-order valence-electron chi connectivity index (χ4n) is 1.95. The molecular formula is C11H18N4OS2. The first kappa shape index (κ1) is 13.6. The van der Waals surface area contributed by atoms with Crippen LogP contribution in [0, 0.1) is 0 Å². The van der Waals surface area contributed by atoms with Gasteiger partial charge in [-0.3, -0.25) is 5.32 Å². The van der Waals surface area contributed by atoms with Crippen LogP contribution in [0.3, 0.4) is 0 Å². The maximum atomic E-state index is 10.7. The van der Waals surface area contributed by atoms with Crippen molar-refractivity contribution in [2.75, 3.05) is 30.7 Å². The molecule has 2 rings (SSSR count). The smallest absolute Gasteiger partial charge is 0.318 e. The maximum absolute atomic E-state index is 10.7. The molecule has 0 aromatic carbocycles. The zero-order valence-corrected chi connectivity index (χ0v) is 11.9. The molecule has 1 fully saturated rings. The predicted molar refractivity (Wildman–Crippen MR) is 76.3 cm³/mol. The number of rotatable bonds is 5. The number of thioether (sulfide) groups is 1. The lowest BCUT2D eigenvalue weighted by molar-refractivity contribution is 0.242. The SMILES string of the molecule is NC(=O)Nc1ncc(SCCN2CCCCC2)s1. The third kappa shape index (κ3) is 4.47. The van der Waals surface area contributed by atoms with Crippen molar-refractivity contribution in [1.82, 2.24) is 9.88 Å². The summed E-state index contributed by atoms with van der Waals surface area (Å²) >= 11 is 3.25. The number of piperidine rings is 1. The fourth-order valence-corrected chi connectivity index (χ4v) is 3.90. The molecule has 1 aliphatic heterocycles. The fraction of sp³-hybridized carbons (Fsp3) is 0.636. The van der Waals surface area contributed by atoms with Gasteiger partial charge in [-0.05, 0) is 25.9 Å².